The van der Waals surface area contributed by atoms with Crippen LogP contribution >= 0.6 is 11.8 Å². The van der Waals surface area contributed by atoms with Gasteiger partial charge in [0, 0.05) is 11.9 Å². The number of alkyl halides is 3. The second-order valence-corrected chi connectivity index (χ2v) is 5.84. The molecular formula is C15H12F3N3S. The summed E-state index contributed by atoms with van der Waals surface area (Å²) >= 11 is 1.36. The van der Waals surface area contributed by atoms with Crippen LogP contribution in [-0.4, -0.2) is 14.6 Å². The van der Waals surface area contributed by atoms with Crippen LogP contribution in [0.2, 0.25) is 0 Å². The summed E-state index contributed by atoms with van der Waals surface area (Å²) in [6, 6.07) is 10.3. The molecule has 114 valence electrons. The lowest BCUT2D eigenvalue weighted by atomic mass is 10.2. The number of halogens is 3. The first-order valence-corrected chi connectivity index (χ1v) is 7.52. The van der Waals surface area contributed by atoms with Crippen LogP contribution in [0.5, 0.6) is 0 Å². The molecule has 1 aromatic carbocycles. The summed E-state index contributed by atoms with van der Waals surface area (Å²) in [5.41, 5.74) is 1.94. The van der Waals surface area contributed by atoms with E-state index in [2.05, 4.69) is 10.2 Å². The Labute approximate surface area is 129 Å². The Morgan fingerprint density at radius 3 is 2.45 bits per heavy atom. The van der Waals surface area contributed by atoms with Crippen molar-refractivity contribution in [3.8, 4) is 0 Å². The van der Waals surface area contributed by atoms with Crippen molar-refractivity contribution in [1.29, 1.82) is 0 Å². The Balaban J connectivity index is 1.85. The van der Waals surface area contributed by atoms with Gasteiger partial charge < -0.3 is 0 Å². The largest absolute Gasteiger partial charge is 0.417 e. The zero-order valence-electron chi connectivity index (χ0n) is 11.6. The van der Waals surface area contributed by atoms with Gasteiger partial charge in [0.1, 0.15) is 0 Å². The molecule has 22 heavy (non-hydrogen) atoms. The van der Waals surface area contributed by atoms with E-state index < -0.39 is 11.7 Å². The molecule has 0 fully saturated rings. The van der Waals surface area contributed by atoms with Crippen molar-refractivity contribution in [2.24, 2.45) is 0 Å². The number of pyridine rings is 1. The third-order valence-corrected chi connectivity index (χ3v) is 4.20. The summed E-state index contributed by atoms with van der Waals surface area (Å²) in [6.07, 6.45) is -3.34. The van der Waals surface area contributed by atoms with Gasteiger partial charge in [-0.3, -0.25) is 4.40 Å². The van der Waals surface area contributed by atoms with Crippen LogP contribution in [0.4, 0.5) is 13.2 Å². The molecule has 3 nitrogen and oxygen atoms in total. The van der Waals surface area contributed by atoms with E-state index in [0.29, 0.717) is 16.6 Å². The highest BCUT2D eigenvalue weighted by atomic mass is 32.2. The first-order valence-electron chi connectivity index (χ1n) is 6.54. The Kier molecular flexibility index (Phi) is 3.82. The fourth-order valence-corrected chi connectivity index (χ4v) is 2.84. The Morgan fingerprint density at radius 2 is 1.77 bits per heavy atom. The molecular weight excluding hydrogens is 311 g/mol. The predicted octanol–water partition coefficient (Wildman–Crippen LogP) is 4.35. The van der Waals surface area contributed by atoms with Crippen molar-refractivity contribution >= 4 is 17.4 Å². The highest BCUT2D eigenvalue weighted by Crippen LogP contribution is 2.30. The molecule has 2 aromatic heterocycles. The fourth-order valence-electron chi connectivity index (χ4n) is 1.97. The molecule has 0 aliphatic heterocycles. The first-order chi connectivity index (χ1) is 10.4. The lowest BCUT2D eigenvalue weighted by molar-refractivity contribution is -0.137. The number of hydrogen-bond donors (Lipinski definition) is 0. The second kappa shape index (κ2) is 5.64. The summed E-state index contributed by atoms with van der Waals surface area (Å²) in [7, 11) is 0. The maximum absolute atomic E-state index is 12.8. The van der Waals surface area contributed by atoms with E-state index in [1.165, 1.54) is 22.2 Å². The van der Waals surface area contributed by atoms with E-state index in [1.54, 1.807) is 0 Å². The number of fused-ring (bicyclic) bond motifs is 1. The normalized spacial score (nSPS) is 12.0. The van der Waals surface area contributed by atoms with Crippen LogP contribution in [0.15, 0.2) is 47.8 Å². The molecule has 7 heteroatoms. The summed E-state index contributed by atoms with van der Waals surface area (Å²) in [5, 5.41) is 8.30. The molecule has 0 bridgehead atoms. The highest BCUT2D eigenvalue weighted by molar-refractivity contribution is 7.98. The fraction of sp³-hybridized carbons (Fsp3) is 0.200. The van der Waals surface area contributed by atoms with Crippen molar-refractivity contribution in [3.05, 3.63) is 59.3 Å². The van der Waals surface area contributed by atoms with Gasteiger partial charge in [-0.2, -0.15) is 13.2 Å². The van der Waals surface area contributed by atoms with Crippen LogP contribution in [0.3, 0.4) is 0 Å². The van der Waals surface area contributed by atoms with E-state index in [-0.39, 0.29) is 0 Å². The summed E-state index contributed by atoms with van der Waals surface area (Å²) in [4.78, 5) is 0. The smallest absolute Gasteiger partial charge is 0.277 e. The van der Waals surface area contributed by atoms with Crippen molar-refractivity contribution in [1.82, 2.24) is 14.6 Å². The molecule has 2 heterocycles. The maximum Gasteiger partial charge on any atom is 0.417 e. The number of benzene rings is 1. The summed E-state index contributed by atoms with van der Waals surface area (Å²) in [6.45, 7) is 2.00. The lowest BCUT2D eigenvalue weighted by Crippen LogP contribution is -2.06. The molecule has 0 atom stereocenters. The van der Waals surface area contributed by atoms with Crippen molar-refractivity contribution in [2.75, 3.05) is 0 Å². The second-order valence-electron chi connectivity index (χ2n) is 4.90. The van der Waals surface area contributed by atoms with Gasteiger partial charge in [-0.25, -0.2) is 0 Å². The Bertz CT molecular complexity index is 794. The van der Waals surface area contributed by atoms with Gasteiger partial charge in [-0.05, 0) is 24.6 Å². The van der Waals surface area contributed by atoms with Crippen molar-refractivity contribution in [3.63, 3.8) is 0 Å². The van der Waals surface area contributed by atoms with Gasteiger partial charge >= 0.3 is 6.18 Å². The third kappa shape index (κ3) is 3.09. The number of thioether (sulfide) groups is 1. The first kappa shape index (κ1) is 14.9. The maximum atomic E-state index is 12.8. The summed E-state index contributed by atoms with van der Waals surface area (Å²) in [5.74, 6) is 0.622. The number of aromatic nitrogens is 3. The van der Waals surface area contributed by atoms with E-state index >= 15 is 0 Å². The molecule has 0 amide bonds. The van der Waals surface area contributed by atoms with Crippen LogP contribution < -0.4 is 0 Å². The minimum absolute atomic E-state index is 0.402. The molecule has 3 rings (SSSR count). The number of nitrogens with zero attached hydrogens (tertiary/aromatic N) is 3. The van der Waals surface area contributed by atoms with Gasteiger partial charge in [0.05, 0.1) is 5.56 Å². The number of rotatable bonds is 3. The minimum Gasteiger partial charge on any atom is -0.277 e. The van der Waals surface area contributed by atoms with Gasteiger partial charge in [-0.15, -0.1) is 10.2 Å². The van der Waals surface area contributed by atoms with Crippen molar-refractivity contribution in [2.45, 2.75) is 24.0 Å². The number of aryl methyl sites for hydroxylation is 1. The Hall–Kier alpha value is -2.02. The van der Waals surface area contributed by atoms with Crippen LogP contribution in [-0.2, 0) is 11.9 Å². The molecule has 0 radical (unpaired) electrons. The van der Waals surface area contributed by atoms with Gasteiger partial charge in [0.2, 0.25) is 0 Å². The molecule has 0 saturated carbocycles. The molecule has 0 spiro atoms. The SMILES string of the molecule is Cc1ccc(CSc2nnc3ccc(C(F)(F)F)cn23)cc1. The van der Waals surface area contributed by atoms with Gasteiger partial charge in [0.25, 0.3) is 0 Å². The molecule has 0 aliphatic carbocycles. The standard InChI is InChI=1S/C15H12F3N3S/c1-10-2-4-11(5-3-10)9-22-14-20-19-13-7-6-12(8-21(13)14)15(16,17)18/h2-8H,9H2,1H3. The van der Waals surface area contributed by atoms with E-state index in [1.807, 2.05) is 31.2 Å². The lowest BCUT2D eigenvalue weighted by Gasteiger charge is -2.07. The van der Waals surface area contributed by atoms with Crippen molar-refractivity contribution < 1.29 is 13.2 Å². The topological polar surface area (TPSA) is 30.2 Å². The van der Waals surface area contributed by atoms with Crippen LogP contribution in [0.1, 0.15) is 16.7 Å². The third-order valence-electron chi connectivity index (χ3n) is 3.19. The average Bonchev–Trinajstić information content (AvgIpc) is 2.88. The zero-order chi connectivity index (χ0) is 15.7. The Morgan fingerprint density at radius 1 is 1.05 bits per heavy atom. The highest BCUT2D eigenvalue weighted by Gasteiger charge is 2.31. The molecule has 3 aromatic rings. The van der Waals surface area contributed by atoms with Crippen LogP contribution in [0, 0.1) is 6.92 Å². The quantitative estimate of drug-likeness (QED) is 0.671. The monoisotopic (exact) mass is 323 g/mol. The summed E-state index contributed by atoms with van der Waals surface area (Å²) < 4.78 is 39.7. The minimum atomic E-state index is -4.38. The number of hydrogen-bond acceptors (Lipinski definition) is 3. The zero-order valence-corrected chi connectivity index (χ0v) is 12.4. The van der Waals surface area contributed by atoms with Crippen LogP contribution in [0.25, 0.3) is 5.65 Å². The van der Waals surface area contributed by atoms with E-state index in [9.17, 15) is 13.2 Å². The molecule has 0 saturated heterocycles. The molecule has 0 unspecified atom stereocenters. The molecule has 0 N–H and O–H groups in total. The van der Waals surface area contributed by atoms with E-state index in [0.717, 1.165) is 23.4 Å². The van der Waals surface area contributed by atoms with Gasteiger partial charge in [0.15, 0.2) is 10.8 Å². The average molecular weight is 323 g/mol. The van der Waals surface area contributed by atoms with Gasteiger partial charge in [-0.1, -0.05) is 41.6 Å². The predicted molar refractivity (Wildman–Crippen MR) is 78.7 cm³/mol. The van der Waals surface area contributed by atoms with E-state index in [4.69, 9.17) is 0 Å². The molecule has 0 aliphatic rings.